The molecule has 1 aromatic carbocycles. The zero-order chi connectivity index (χ0) is 13.5. The molecule has 19 heavy (non-hydrogen) atoms. The number of hydrogen-bond acceptors (Lipinski definition) is 3. The maximum Gasteiger partial charge on any atom is 0.220 e. The lowest BCUT2D eigenvalue weighted by Crippen LogP contribution is -2.29. The number of benzene rings is 1. The summed E-state index contributed by atoms with van der Waals surface area (Å²) in [6.07, 6.45) is 7.04. The monoisotopic (exact) mass is 260 g/mol. The van der Waals surface area contributed by atoms with Crippen molar-refractivity contribution in [2.24, 2.45) is 5.92 Å². The number of hydrogen-bond donors (Lipinski definition) is 2. The van der Waals surface area contributed by atoms with Crippen molar-refractivity contribution in [2.75, 3.05) is 18.9 Å². The second-order valence-corrected chi connectivity index (χ2v) is 4.74. The SMILES string of the molecule is Nc1ccc(OCCNC(=O)CC2C=CCC2)cc1. The second kappa shape index (κ2) is 6.83. The first-order valence-corrected chi connectivity index (χ1v) is 6.66. The van der Waals surface area contributed by atoms with Gasteiger partial charge in [0.25, 0.3) is 0 Å². The number of nitrogens with two attached hydrogens (primary N) is 1. The van der Waals surface area contributed by atoms with Crippen molar-refractivity contribution in [2.45, 2.75) is 19.3 Å². The maximum atomic E-state index is 11.6. The lowest BCUT2D eigenvalue weighted by molar-refractivity contribution is -0.121. The summed E-state index contributed by atoms with van der Waals surface area (Å²) in [4.78, 5) is 11.6. The summed E-state index contributed by atoms with van der Waals surface area (Å²) in [5.74, 6) is 1.28. The van der Waals surface area contributed by atoms with Gasteiger partial charge in [-0.2, -0.15) is 0 Å². The molecule has 1 unspecified atom stereocenters. The Morgan fingerprint density at radius 1 is 1.37 bits per heavy atom. The predicted octanol–water partition coefficient (Wildman–Crippen LogP) is 2.12. The summed E-state index contributed by atoms with van der Waals surface area (Å²) in [5.41, 5.74) is 6.29. The molecular formula is C15H20N2O2. The molecule has 4 heteroatoms. The van der Waals surface area contributed by atoms with Crippen LogP contribution in [0.5, 0.6) is 5.75 Å². The molecule has 3 N–H and O–H groups in total. The van der Waals surface area contributed by atoms with Gasteiger partial charge in [-0.05, 0) is 43.0 Å². The first kappa shape index (κ1) is 13.5. The van der Waals surface area contributed by atoms with Gasteiger partial charge in [0.15, 0.2) is 0 Å². The summed E-state index contributed by atoms with van der Waals surface area (Å²) in [6.45, 7) is 0.996. The molecule has 2 rings (SSSR count). The molecule has 0 aliphatic heterocycles. The average molecular weight is 260 g/mol. The minimum atomic E-state index is 0.0949. The number of ether oxygens (including phenoxy) is 1. The van der Waals surface area contributed by atoms with E-state index >= 15 is 0 Å². The first-order chi connectivity index (χ1) is 9.24. The van der Waals surface area contributed by atoms with E-state index in [0.29, 0.717) is 31.2 Å². The van der Waals surface area contributed by atoms with Crippen molar-refractivity contribution < 1.29 is 9.53 Å². The van der Waals surface area contributed by atoms with Crippen LogP contribution in [-0.4, -0.2) is 19.1 Å². The quantitative estimate of drug-likeness (QED) is 0.468. The highest BCUT2D eigenvalue weighted by atomic mass is 16.5. The van der Waals surface area contributed by atoms with Crippen LogP contribution in [-0.2, 0) is 4.79 Å². The Balaban J connectivity index is 1.59. The molecule has 0 aromatic heterocycles. The third-order valence-corrected chi connectivity index (χ3v) is 3.13. The fourth-order valence-electron chi connectivity index (χ4n) is 2.10. The Morgan fingerprint density at radius 3 is 2.84 bits per heavy atom. The van der Waals surface area contributed by atoms with Crippen molar-refractivity contribution in [3.8, 4) is 5.75 Å². The zero-order valence-corrected chi connectivity index (χ0v) is 11.0. The van der Waals surface area contributed by atoms with Crippen molar-refractivity contribution >= 4 is 11.6 Å². The minimum absolute atomic E-state index is 0.0949. The summed E-state index contributed by atoms with van der Waals surface area (Å²) < 4.78 is 5.50. The number of nitrogen functional groups attached to an aromatic ring is 1. The molecule has 1 aromatic rings. The fourth-order valence-corrected chi connectivity index (χ4v) is 2.10. The van der Waals surface area contributed by atoms with Gasteiger partial charge in [-0.15, -0.1) is 0 Å². The van der Waals surface area contributed by atoms with Crippen LogP contribution in [0.4, 0.5) is 5.69 Å². The van der Waals surface area contributed by atoms with Crippen LogP contribution in [0.1, 0.15) is 19.3 Å². The molecule has 4 nitrogen and oxygen atoms in total. The van der Waals surface area contributed by atoms with E-state index in [1.807, 2.05) is 12.1 Å². The molecule has 1 amide bonds. The molecule has 1 aliphatic carbocycles. The van der Waals surface area contributed by atoms with Crippen LogP contribution < -0.4 is 15.8 Å². The van der Waals surface area contributed by atoms with Gasteiger partial charge in [0.1, 0.15) is 12.4 Å². The highest BCUT2D eigenvalue weighted by Crippen LogP contribution is 2.19. The Hall–Kier alpha value is -1.97. The first-order valence-electron chi connectivity index (χ1n) is 6.66. The predicted molar refractivity (Wildman–Crippen MR) is 75.8 cm³/mol. The largest absolute Gasteiger partial charge is 0.492 e. The van der Waals surface area contributed by atoms with Gasteiger partial charge in [0.05, 0.1) is 6.54 Å². The number of amides is 1. The summed E-state index contributed by atoms with van der Waals surface area (Å²) >= 11 is 0. The third-order valence-electron chi connectivity index (χ3n) is 3.13. The molecular weight excluding hydrogens is 240 g/mol. The maximum absolute atomic E-state index is 11.6. The number of rotatable bonds is 6. The molecule has 0 fully saturated rings. The van der Waals surface area contributed by atoms with Crippen molar-refractivity contribution in [1.29, 1.82) is 0 Å². The van der Waals surface area contributed by atoms with E-state index in [-0.39, 0.29) is 5.91 Å². The van der Waals surface area contributed by atoms with Gasteiger partial charge in [-0.25, -0.2) is 0 Å². The standard InChI is InChI=1S/C15H20N2O2/c16-13-5-7-14(8-6-13)19-10-9-17-15(18)11-12-3-1-2-4-12/h1,3,5-8,12H,2,4,9-11,16H2,(H,17,18). The van der Waals surface area contributed by atoms with Gasteiger partial charge >= 0.3 is 0 Å². The van der Waals surface area contributed by atoms with E-state index in [2.05, 4.69) is 17.5 Å². The summed E-state index contributed by atoms with van der Waals surface area (Å²) in [5, 5.41) is 2.87. The van der Waals surface area contributed by atoms with Crippen LogP contribution in [0.3, 0.4) is 0 Å². The van der Waals surface area contributed by atoms with E-state index in [0.717, 1.165) is 18.6 Å². The van der Waals surface area contributed by atoms with Crippen LogP contribution in [0.25, 0.3) is 0 Å². The van der Waals surface area contributed by atoms with Crippen LogP contribution in [0.15, 0.2) is 36.4 Å². The van der Waals surface area contributed by atoms with Crippen LogP contribution in [0.2, 0.25) is 0 Å². The number of allylic oxidation sites excluding steroid dienone is 2. The van der Waals surface area contributed by atoms with Gasteiger partial charge in [0.2, 0.25) is 5.91 Å². The lowest BCUT2D eigenvalue weighted by atomic mass is 10.1. The Morgan fingerprint density at radius 2 is 2.16 bits per heavy atom. The normalized spacial score (nSPS) is 17.4. The Labute approximate surface area is 113 Å². The Bertz CT molecular complexity index is 440. The molecule has 1 atom stereocenters. The number of nitrogens with one attached hydrogen (secondary N) is 1. The topological polar surface area (TPSA) is 64.3 Å². The fraction of sp³-hybridized carbons (Fsp3) is 0.400. The smallest absolute Gasteiger partial charge is 0.220 e. The van der Waals surface area contributed by atoms with Gasteiger partial charge in [-0.1, -0.05) is 12.2 Å². The zero-order valence-electron chi connectivity index (χ0n) is 11.0. The van der Waals surface area contributed by atoms with E-state index < -0.39 is 0 Å². The summed E-state index contributed by atoms with van der Waals surface area (Å²) in [6, 6.07) is 7.22. The van der Waals surface area contributed by atoms with E-state index in [4.69, 9.17) is 10.5 Å². The molecule has 0 saturated carbocycles. The molecule has 0 spiro atoms. The van der Waals surface area contributed by atoms with E-state index in [1.165, 1.54) is 0 Å². The molecule has 1 aliphatic rings. The second-order valence-electron chi connectivity index (χ2n) is 4.74. The molecule has 0 bridgehead atoms. The average Bonchev–Trinajstić information content (AvgIpc) is 2.89. The van der Waals surface area contributed by atoms with E-state index in [1.54, 1.807) is 12.1 Å². The highest BCUT2D eigenvalue weighted by Gasteiger charge is 2.13. The van der Waals surface area contributed by atoms with Crippen molar-refractivity contribution in [3.63, 3.8) is 0 Å². The van der Waals surface area contributed by atoms with Crippen molar-refractivity contribution in [3.05, 3.63) is 36.4 Å². The van der Waals surface area contributed by atoms with Gasteiger partial charge in [0, 0.05) is 12.1 Å². The highest BCUT2D eigenvalue weighted by molar-refractivity contribution is 5.76. The third kappa shape index (κ3) is 4.66. The molecule has 0 radical (unpaired) electrons. The molecule has 0 saturated heterocycles. The van der Waals surface area contributed by atoms with Crippen LogP contribution in [0, 0.1) is 5.92 Å². The summed E-state index contributed by atoms with van der Waals surface area (Å²) in [7, 11) is 0. The number of carbonyl (C=O) groups excluding carboxylic acids is 1. The van der Waals surface area contributed by atoms with Crippen molar-refractivity contribution in [1.82, 2.24) is 5.32 Å². The number of anilines is 1. The lowest BCUT2D eigenvalue weighted by Gasteiger charge is -2.10. The molecule has 0 heterocycles. The Kier molecular flexibility index (Phi) is 4.84. The van der Waals surface area contributed by atoms with Crippen LogP contribution >= 0.6 is 0 Å². The minimum Gasteiger partial charge on any atom is -0.492 e. The number of carbonyl (C=O) groups is 1. The van der Waals surface area contributed by atoms with E-state index in [9.17, 15) is 4.79 Å². The molecule has 102 valence electrons. The van der Waals surface area contributed by atoms with Gasteiger partial charge < -0.3 is 15.8 Å². The van der Waals surface area contributed by atoms with Gasteiger partial charge in [-0.3, -0.25) is 4.79 Å².